The summed E-state index contributed by atoms with van der Waals surface area (Å²) in [5, 5.41) is 1.80. The Morgan fingerprint density at radius 2 is 0.892 bits per heavy atom. The Morgan fingerprint density at radius 1 is 0.541 bits per heavy atom. The molecule has 5 rings (SSSR count). The van der Waals surface area contributed by atoms with Crippen molar-refractivity contribution in [2.24, 2.45) is 9.98 Å². The molecule has 0 unspecified atom stereocenters. The second kappa shape index (κ2) is 11.1. The van der Waals surface area contributed by atoms with Crippen LogP contribution in [-0.2, 0) is 23.3 Å². The quantitative estimate of drug-likeness (QED) is 0.148. The zero-order chi connectivity index (χ0) is 26.8. The van der Waals surface area contributed by atoms with Crippen LogP contribution in [0.5, 0.6) is 0 Å². The van der Waals surface area contributed by atoms with Gasteiger partial charge in [-0.2, -0.15) is 26.3 Å². The third-order valence-corrected chi connectivity index (χ3v) is 5.51. The van der Waals surface area contributed by atoms with Crippen LogP contribution in [0.1, 0.15) is 22.3 Å². The van der Waals surface area contributed by atoms with Gasteiger partial charge in [-0.3, -0.25) is 0 Å². The van der Waals surface area contributed by atoms with Crippen LogP contribution >= 0.6 is 28.5 Å². The van der Waals surface area contributed by atoms with Gasteiger partial charge in [-0.1, -0.05) is 36.4 Å². The van der Waals surface area contributed by atoms with Crippen molar-refractivity contribution in [2.45, 2.75) is 12.4 Å². The summed E-state index contributed by atoms with van der Waals surface area (Å²) in [6.07, 6.45) is -8.92. The van der Waals surface area contributed by atoms with Crippen molar-refractivity contribution in [3.63, 3.8) is 0 Å². The van der Waals surface area contributed by atoms with Crippen molar-refractivity contribution in [1.29, 1.82) is 0 Å². The van der Waals surface area contributed by atoms with E-state index in [0.717, 1.165) is 46.2 Å². The van der Waals surface area contributed by atoms with Crippen LogP contribution < -0.4 is 0 Å². The zero-order valence-corrected chi connectivity index (χ0v) is 22.5. The van der Waals surface area contributed by atoms with Crippen molar-refractivity contribution in [1.82, 2.24) is 0 Å². The first kappa shape index (κ1) is 27.5. The molecule has 0 spiro atoms. The Labute approximate surface area is 227 Å². The molecule has 4 aromatic carbocycles. The SMILES string of the molecule is FC(F)(F)c1ccc(N=C2C(=Nc3ccc(C(F)(F)F)cc3)c3cccc4cccc2c34)cc1.[Br][Ni][Br]. The van der Waals surface area contributed by atoms with Crippen LogP contribution in [0.25, 0.3) is 10.8 Å². The summed E-state index contributed by atoms with van der Waals surface area (Å²) >= 11 is 6.00. The number of hydrogen-bond donors (Lipinski definition) is 0. The van der Waals surface area contributed by atoms with Gasteiger partial charge in [0.1, 0.15) is 0 Å². The average Bonchev–Trinajstić information content (AvgIpc) is 3.13. The number of hydrogen-bond acceptors (Lipinski definition) is 2. The maximum absolute atomic E-state index is 12.9. The topological polar surface area (TPSA) is 24.7 Å². The molecule has 11 heteroatoms. The van der Waals surface area contributed by atoms with Crippen LogP contribution in [0.15, 0.2) is 94.9 Å². The van der Waals surface area contributed by atoms with Gasteiger partial charge in [-0.15, -0.1) is 0 Å². The number of rotatable bonds is 2. The first-order valence-corrected chi connectivity index (χ1v) is 15.3. The first-order valence-electron chi connectivity index (χ1n) is 10.4. The molecule has 2 nitrogen and oxygen atoms in total. The van der Waals surface area contributed by atoms with Crippen molar-refractivity contribution >= 4 is 62.0 Å². The van der Waals surface area contributed by atoms with Crippen LogP contribution in [0.2, 0.25) is 0 Å². The van der Waals surface area contributed by atoms with E-state index in [1.165, 1.54) is 35.2 Å². The van der Waals surface area contributed by atoms with E-state index >= 15 is 0 Å². The molecular weight excluding hydrogens is 673 g/mol. The van der Waals surface area contributed by atoms with Crippen LogP contribution in [0.3, 0.4) is 0 Å². The van der Waals surface area contributed by atoms with Crippen LogP contribution in [0, 0.1) is 0 Å². The predicted molar refractivity (Wildman–Crippen MR) is 137 cm³/mol. The van der Waals surface area contributed by atoms with Crippen molar-refractivity contribution in [3.8, 4) is 0 Å². The van der Waals surface area contributed by atoms with Gasteiger partial charge in [0.2, 0.25) is 0 Å². The Kier molecular flexibility index (Phi) is 8.26. The standard InChI is InChI=1S/C26H14F6N2.2BrH.Ni/c27-25(28,29)16-7-11-18(12-8-16)33-23-20-5-1-3-15-4-2-6-21(22(15)20)24(23)34-19-13-9-17(10-14-19)26(30,31)32;;;/h1-14H;2*1H;/q;;;+2/p-2. The molecule has 0 bridgehead atoms. The Morgan fingerprint density at radius 3 is 1.22 bits per heavy atom. The molecule has 37 heavy (non-hydrogen) atoms. The summed E-state index contributed by atoms with van der Waals surface area (Å²) < 4.78 is 77.6. The van der Waals surface area contributed by atoms with Gasteiger partial charge >= 0.3 is 51.7 Å². The monoisotopic (exact) mass is 684 g/mol. The fraction of sp³-hybridized carbons (Fsp3) is 0.0769. The molecule has 194 valence electrons. The minimum atomic E-state index is -4.46. The van der Waals surface area contributed by atoms with Gasteiger partial charge in [-0.25, -0.2) is 9.98 Å². The summed E-state index contributed by atoms with van der Waals surface area (Å²) in [6, 6.07) is 20.1. The van der Waals surface area contributed by atoms with Gasteiger partial charge < -0.3 is 0 Å². The molecule has 0 amide bonds. The van der Waals surface area contributed by atoms with Crippen LogP contribution in [0.4, 0.5) is 37.7 Å². The molecule has 0 atom stereocenters. The first-order chi connectivity index (χ1) is 17.5. The molecule has 4 aromatic rings. The Bertz CT molecular complexity index is 1370. The average molecular weight is 687 g/mol. The second-order valence-corrected chi connectivity index (χ2v) is 12.7. The van der Waals surface area contributed by atoms with Gasteiger partial charge in [-0.05, 0) is 53.9 Å². The Balaban J connectivity index is 0.00000102. The van der Waals surface area contributed by atoms with E-state index in [4.69, 9.17) is 0 Å². The van der Waals surface area contributed by atoms with Crippen LogP contribution in [-0.4, -0.2) is 11.4 Å². The van der Waals surface area contributed by atoms with E-state index in [9.17, 15) is 26.3 Å². The number of benzene rings is 4. The zero-order valence-electron chi connectivity index (χ0n) is 18.3. The van der Waals surface area contributed by atoms with Crippen molar-refractivity contribution in [3.05, 3.63) is 107 Å². The van der Waals surface area contributed by atoms with Gasteiger partial charge in [0.05, 0.1) is 33.9 Å². The molecule has 0 aliphatic heterocycles. The van der Waals surface area contributed by atoms with Crippen molar-refractivity contribution in [2.75, 3.05) is 0 Å². The maximum atomic E-state index is 12.9. The van der Waals surface area contributed by atoms with E-state index in [1.807, 2.05) is 36.4 Å². The summed E-state index contributed by atoms with van der Waals surface area (Å²) in [5.41, 5.74) is 1.40. The number of alkyl halides is 6. The third-order valence-electron chi connectivity index (χ3n) is 5.51. The second-order valence-electron chi connectivity index (χ2n) is 7.76. The third kappa shape index (κ3) is 6.16. The predicted octanol–water partition coefficient (Wildman–Crippen LogP) is 9.82. The molecule has 0 fully saturated rings. The summed E-state index contributed by atoms with van der Waals surface area (Å²) in [7, 11) is 1.25. The molecule has 0 heterocycles. The normalized spacial score (nSPS) is 15.4. The van der Waals surface area contributed by atoms with E-state index in [1.54, 1.807) is 0 Å². The molecule has 0 saturated heterocycles. The molecule has 0 saturated carbocycles. The van der Waals surface area contributed by atoms with Gasteiger partial charge in [0.25, 0.3) is 0 Å². The summed E-state index contributed by atoms with van der Waals surface area (Å²) in [6.45, 7) is 0. The minimum absolute atomic E-state index is 0.299. The molecule has 1 aliphatic rings. The Hall–Kier alpha value is -2.49. The molecule has 1 aliphatic carbocycles. The van der Waals surface area contributed by atoms with E-state index in [0.29, 0.717) is 22.8 Å². The van der Waals surface area contributed by atoms with Crippen molar-refractivity contribution < 1.29 is 37.2 Å². The van der Waals surface area contributed by atoms with Gasteiger partial charge in [0, 0.05) is 16.5 Å². The fourth-order valence-electron chi connectivity index (χ4n) is 3.93. The van der Waals surface area contributed by atoms with E-state index < -0.39 is 23.5 Å². The molecular formula is C26H14Br2F6N2Ni. The molecule has 0 aromatic heterocycles. The van der Waals surface area contributed by atoms with E-state index in [2.05, 4.69) is 38.4 Å². The number of nitrogens with zero attached hydrogens (tertiary/aromatic N) is 2. The summed E-state index contributed by atoms with van der Waals surface area (Å²) in [5.74, 6) is 0. The number of aliphatic imine (C=N–C) groups is 2. The van der Waals surface area contributed by atoms with E-state index in [-0.39, 0.29) is 0 Å². The molecule has 0 radical (unpaired) electrons. The fourth-order valence-corrected chi connectivity index (χ4v) is 3.93. The molecule has 0 N–H and O–H groups in total. The summed E-state index contributed by atoms with van der Waals surface area (Å²) in [4.78, 5) is 9.19. The number of halogens is 8. The van der Waals surface area contributed by atoms with Gasteiger partial charge in [0.15, 0.2) is 0 Å².